The molecular formula is C8H10ClF3N2O2S2. The Hall–Kier alpha value is -0.380. The Bertz CT molecular complexity index is 527. The molecule has 0 amide bonds. The van der Waals surface area contributed by atoms with E-state index < -0.39 is 22.7 Å². The molecular weight excluding hydrogens is 313 g/mol. The van der Waals surface area contributed by atoms with Crippen LogP contribution in [-0.2, 0) is 10.0 Å². The van der Waals surface area contributed by atoms with Gasteiger partial charge in [-0.3, -0.25) is 0 Å². The SMILES string of the molecule is CCN(CC(F)(F)F)S(=O)(=O)c1sc(Cl)nc1C. The van der Waals surface area contributed by atoms with Crippen LogP contribution in [0.1, 0.15) is 12.6 Å². The maximum atomic E-state index is 12.3. The first kappa shape index (κ1) is 15.7. The second-order valence-corrected chi connectivity index (χ2v) is 7.10. The fourth-order valence-corrected chi connectivity index (χ4v) is 4.58. The minimum atomic E-state index is -4.59. The van der Waals surface area contributed by atoms with Crippen LogP contribution in [0.2, 0.25) is 4.47 Å². The summed E-state index contributed by atoms with van der Waals surface area (Å²) in [5.41, 5.74) is 0.102. The van der Waals surface area contributed by atoms with Crippen molar-refractivity contribution < 1.29 is 21.6 Å². The first-order valence-corrected chi connectivity index (χ1v) is 7.41. The molecule has 0 radical (unpaired) electrons. The summed E-state index contributed by atoms with van der Waals surface area (Å²) in [6.45, 7) is 0.912. The fraction of sp³-hybridized carbons (Fsp3) is 0.625. The molecule has 1 aromatic rings. The molecule has 1 heterocycles. The average molecular weight is 323 g/mol. The van der Waals surface area contributed by atoms with Gasteiger partial charge in [0.25, 0.3) is 10.0 Å². The van der Waals surface area contributed by atoms with E-state index in [4.69, 9.17) is 11.6 Å². The molecule has 0 aliphatic heterocycles. The van der Waals surface area contributed by atoms with Crippen molar-refractivity contribution in [2.75, 3.05) is 13.1 Å². The van der Waals surface area contributed by atoms with Crippen LogP contribution in [0.4, 0.5) is 13.2 Å². The molecule has 10 heteroatoms. The fourth-order valence-electron chi connectivity index (χ4n) is 1.27. The maximum absolute atomic E-state index is 12.3. The van der Waals surface area contributed by atoms with E-state index in [1.807, 2.05) is 0 Å². The summed E-state index contributed by atoms with van der Waals surface area (Å²) in [7, 11) is -4.21. The van der Waals surface area contributed by atoms with Crippen molar-refractivity contribution in [3.8, 4) is 0 Å². The highest BCUT2D eigenvalue weighted by Gasteiger charge is 2.37. The van der Waals surface area contributed by atoms with Gasteiger partial charge < -0.3 is 0 Å². The van der Waals surface area contributed by atoms with Crippen molar-refractivity contribution in [3.05, 3.63) is 10.2 Å². The minimum absolute atomic E-state index is 0.0193. The van der Waals surface area contributed by atoms with E-state index in [1.54, 1.807) is 0 Å². The predicted octanol–water partition coefficient (Wildman–Crippen LogP) is 2.68. The number of aryl methyl sites for hydroxylation is 1. The highest BCUT2D eigenvalue weighted by Crippen LogP contribution is 2.30. The van der Waals surface area contributed by atoms with Gasteiger partial charge in [-0.05, 0) is 6.92 Å². The van der Waals surface area contributed by atoms with Gasteiger partial charge in [-0.15, -0.1) is 0 Å². The standard InChI is InChI=1S/C8H10ClF3N2O2S2/c1-3-14(4-8(10,11)12)18(15,16)6-5(2)13-7(9)17-6/h3-4H2,1-2H3. The van der Waals surface area contributed by atoms with Crippen LogP contribution in [-0.4, -0.2) is 37.0 Å². The molecule has 4 nitrogen and oxygen atoms in total. The van der Waals surface area contributed by atoms with E-state index in [2.05, 4.69) is 4.98 Å². The van der Waals surface area contributed by atoms with Gasteiger partial charge in [0, 0.05) is 6.54 Å². The second-order valence-electron chi connectivity index (χ2n) is 3.39. The lowest BCUT2D eigenvalue weighted by Gasteiger charge is -2.21. The highest BCUT2D eigenvalue weighted by atomic mass is 35.5. The molecule has 0 saturated carbocycles. The molecule has 0 aliphatic rings. The third-order valence-electron chi connectivity index (χ3n) is 2.01. The van der Waals surface area contributed by atoms with Gasteiger partial charge in [0.15, 0.2) is 8.68 Å². The topological polar surface area (TPSA) is 50.3 Å². The van der Waals surface area contributed by atoms with E-state index in [0.717, 1.165) is 0 Å². The second kappa shape index (κ2) is 5.32. The van der Waals surface area contributed by atoms with Gasteiger partial charge in [0.2, 0.25) is 0 Å². The molecule has 0 unspecified atom stereocenters. The largest absolute Gasteiger partial charge is 0.402 e. The number of thiazole rings is 1. The Labute approximate surface area is 111 Å². The zero-order valence-corrected chi connectivity index (χ0v) is 11.8. The number of aromatic nitrogens is 1. The molecule has 0 saturated heterocycles. The van der Waals surface area contributed by atoms with E-state index in [1.165, 1.54) is 13.8 Å². The molecule has 0 fully saturated rings. The molecule has 0 aromatic carbocycles. The molecule has 1 aromatic heterocycles. The number of rotatable bonds is 4. The van der Waals surface area contributed by atoms with Crippen molar-refractivity contribution in [2.45, 2.75) is 24.2 Å². The molecule has 104 valence electrons. The first-order valence-electron chi connectivity index (χ1n) is 4.77. The number of nitrogens with zero attached hydrogens (tertiary/aromatic N) is 2. The summed E-state index contributed by atoms with van der Waals surface area (Å²) in [5, 5.41) is 0. The van der Waals surface area contributed by atoms with E-state index >= 15 is 0 Å². The number of hydrogen-bond acceptors (Lipinski definition) is 4. The van der Waals surface area contributed by atoms with Gasteiger partial charge in [-0.1, -0.05) is 29.9 Å². The summed E-state index contributed by atoms with van der Waals surface area (Å²) < 4.78 is 61.0. The molecule has 18 heavy (non-hydrogen) atoms. The number of hydrogen-bond donors (Lipinski definition) is 0. The van der Waals surface area contributed by atoms with Crippen LogP contribution in [0.3, 0.4) is 0 Å². The third-order valence-corrected chi connectivity index (χ3v) is 5.78. The van der Waals surface area contributed by atoms with Crippen LogP contribution < -0.4 is 0 Å². The van der Waals surface area contributed by atoms with Crippen molar-refractivity contribution in [1.29, 1.82) is 0 Å². The zero-order chi connectivity index (χ0) is 14.1. The summed E-state index contributed by atoms with van der Waals surface area (Å²) in [4.78, 5) is 3.69. The predicted molar refractivity (Wildman–Crippen MR) is 62.3 cm³/mol. The Morgan fingerprint density at radius 2 is 2.00 bits per heavy atom. The van der Waals surface area contributed by atoms with Crippen LogP contribution in [0, 0.1) is 6.92 Å². The van der Waals surface area contributed by atoms with E-state index in [0.29, 0.717) is 15.6 Å². The van der Waals surface area contributed by atoms with Crippen molar-refractivity contribution in [3.63, 3.8) is 0 Å². The van der Waals surface area contributed by atoms with Gasteiger partial charge in [0.1, 0.15) is 6.54 Å². The summed E-state index contributed by atoms with van der Waals surface area (Å²) in [6.07, 6.45) is -4.59. The Morgan fingerprint density at radius 3 is 2.33 bits per heavy atom. The van der Waals surface area contributed by atoms with Gasteiger partial charge in [-0.2, -0.15) is 17.5 Å². The molecule has 1 rings (SSSR count). The minimum Gasteiger partial charge on any atom is -0.229 e. The van der Waals surface area contributed by atoms with Gasteiger partial charge in [-0.25, -0.2) is 13.4 Å². The Balaban J connectivity index is 3.15. The zero-order valence-electron chi connectivity index (χ0n) is 9.45. The molecule has 0 bridgehead atoms. The highest BCUT2D eigenvalue weighted by molar-refractivity contribution is 7.91. The molecule has 0 spiro atoms. The maximum Gasteiger partial charge on any atom is 0.402 e. The van der Waals surface area contributed by atoms with Gasteiger partial charge >= 0.3 is 6.18 Å². The van der Waals surface area contributed by atoms with Crippen LogP contribution in [0.25, 0.3) is 0 Å². The van der Waals surface area contributed by atoms with Crippen molar-refractivity contribution >= 4 is 33.0 Å². The first-order chi connectivity index (χ1) is 8.08. The van der Waals surface area contributed by atoms with Crippen LogP contribution in [0.15, 0.2) is 4.21 Å². The van der Waals surface area contributed by atoms with Crippen molar-refractivity contribution in [1.82, 2.24) is 9.29 Å². The van der Waals surface area contributed by atoms with E-state index in [-0.39, 0.29) is 20.9 Å². The summed E-state index contributed by atoms with van der Waals surface area (Å²) in [5.74, 6) is 0. The Kier molecular flexibility index (Phi) is 4.63. The lowest BCUT2D eigenvalue weighted by Crippen LogP contribution is -2.38. The molecule has 0 N–H and O–H groups in total. The number of alkyl halides is 3. The van der Waals surface area contributed by atoms with Crippen LogP contribution in [0.5, 0.6) is 0 Å². The van der Waals surface area contributed by atoms with Crippen LogP contribution >= 0.6 is 22.9 Å². The lowest BCUT2D eigenvalue weighted by atomic mass is 10.6. The Morgan fingerprint density at radius 1 is 1.44 bits per heavy atom. The third kappa shape index (κ3) is 3.56. The average Bonchev–Trinajstić information content (AvgIpc) is 2.53. The van der Waals surface area contributed by atoms with E-state index in [9.17, 15) is 21.6 Å². The smallest absolute Gasteiger partial charge is 0.229 e. The summed E-state index contributed by atoms with van der Waals surface area (Å²) in [6, 6.07) is 0. The van der Waals surface area contributed by atoms with Crippen molar-refractivity contribution in [2.24, 2.45) is 0 Å². The molecule has 0 aliphatic carbocycles. The quantitative estimate of drug-likeness (QED) is 0.856. The summed E-state index contributed by atoms with van der Waals surface area (Å²) >= 11 is 6.20. The number of halogens is 4. The normalized spacial score (nSPS) is 13.3. The van der Waals surface area contributed by atoms with Gasteiger partial charge in [0.05, 0.1) is 5.69 Å². The molecule has 0 atom stereocenters. The lowest BCUT2D eigenvalue weighted by molar-refractivity contribution is -0.135. The number of sulfonamides is 1. The monoisotopic (exact) mass is 322 g/mol.